The molecule has 1 aromatic carbocycles. The van der Waals surface area contributed by atoms with Crippen LogP contribution < -0.4 is 4.74 Å². The van der Waals surface area contributed by atoms with Crippen molar-refractivity contribution in [3.05, 3.63) is 28.5 Å². The molecule has 0 aliphatic heterocycles. The molecule has 0 amide bonds. The maximum absolute atomic E-state index is 12.9. The molecule has 1 aliphatic rings. The number of halogens is 2. The van der Waals surface area contributed by atoms with Gasteiger partial charge in [-0.25, -0.2) is 4.39 Å². The first-order valence-electron chi connectivity index (χ1n) is 5.84. The van der Waals surface area contributed by atoms with Crippen molar-refractivity contribution in [2.45, 2.75) is 25.7 Å². The number of hydrogen-bond acceptors (Lipinski definition) is 2. The molecule has 0 N–H and O–H groups in total. The highest BCUT2D eigenvalue weighted by Crippen LogP contribution is 2.40. The van der Waals surface area contributed by atoms with Gasteiger partial charge in [-0.15, -0.1) is 0 Å². The SMILES string of the molecule is Fc1ccc(OCC2(CS)CCCC2)c(Br)c1. The van der Waals surface area contributed by atoms with Crippen LogP contribution in [0.4, 0.5) is 4.39 Å². The summed E-state index contributed by atoms with van der Waals surface area (Å²) in [6.07, 6.45) is 4.87. The van der Waals surface area contributed by atoms with E-state index < -0.39 is 0 Å². The molecule has 2 rings (SSSR count). The zero-order valence-electron chi connectivity index (χ0n) is 9.59. The smallest absolute Gasteiger partial charge is 0.133 e. The Labute approximate surface area is 115 Å². The van der Waals surface area contributed by atoms with Crippen molar-refractivity contribution < 1.29 is 9.13 Å². The number of hydrogen-bond donors (Lipinski definition) is 1. The summed E-state index contributed by atoms with van der Waals surface area (Å²) >= 11 is 7.75. The lowest BCUT2D eigenvalue weighted by molar-refractivity contribution is 0.172. The Morgan fingerprint density at radius 3 is 2.65 bits per heavy atom. The van der Waals surface area contributed by atoms with Crippen LogP contribution in [0, 0.1) is 11.2 Å². The van der Waals surface area contributed by atoms with E-state index in [9.17, 15) is 4.39 Å². The molecular weight excluding hydrogens is 303 g/mol. The van der Waals surface area contributed by atoms with E-state index in [0.29, 0.717) is 16.8 Å². The Hall–Kier alpha value is -0.220. The second-order valence-electron chi connectivity index (χ2n) is 4.73. The van der Waals surface area contributed by atoms with Gasteiger partial charge in [-0.3, -0.25) is 0 Å². The van der Waals surface area contributed by atoms with Crippen LogP contribution in [0.2, 0.25) is 0 Å². The second-order valence-corrected chi connectivity index (χ2v) is 5.90. The van der Waals surface area contributed by atoms with Crippen LogP contribution >= 0.6 is 28.6 Å². The maximum atomic E-state index is 12.9. The van der Waals surface area contributed by atoms with Crippen LogP contribution in [0.5, 0.6) is 5.75 Å². The fourth-order valence-corrected chi connectivity index (χ4v) is 3.17. The van der Waals surface area contributed by atoms with Crippen LogP contribution in [0.3, 0.4) is 0 Å². The molecule has 1 aromatic rings. The molecule has 0 spiro atoms. The van der Waals surface area contributed by atoms with E-state index in [4.69, 9.17) is 4.74 Å². The Morgan fingerprint density at radius 2 is 2.06 bits per heavy atom. The molecule has 0 unspecified atom stereocenters. The molecule has 0 aromatic heterocycles. The standard InChI is InChI=1S/C13H16BrFOS/c14-11-7-10(15)3-4-12(11)16-8-13(9-17)5-1-2-6-13/h3-4,7,17H,1-2,5-6,8-9H2. The topological polar surface area (TPSA) is 9.23 Å². The van der Waals surface area contributed by atoms with Crippen molar-refractivity contribution in [3.8, 4) is 5.75 Å². The van der Waals surface area contributed by atoms with Gasteiger partial charge in [0.2, 0.25) is 0 Å². The zero-order valence-corrected chi connectivity index (χ0v) is 12.1. The minimum absolute atomic E-state index is 0.205. The largest absolute Gasteiger partial charge is 0.492 e. The third-order valence-corrected chi connectivity index (χ3v) is 4.72. The molecule has 0 radical (unpaired) electrons. The average molecular weight is 319 g/mol. The predicted octanol–water partition coefficient (Wildman–Crippen LogP) is 4.46. The van der Waals surface area contributed by atoms with Gasteiger partial charge in [0, 0.05) is 5.41 Å². The van der Waals surface area contributed by atoms with Gasteiger partial charge in [0.25, 0.3) is 0 Å². The number of thiol groups is 1. The molecular formula is C13H16BrFOS. The highest BCUT2D eigenvalue weighted by Gasteiger charge is 2.33. The Kier molecular flexibility index (Phi) is 4.36. The van der Waals surface area contributed by atoms with E-state index in [1.54, 1.807) is 6.07 Å². The Balaban J connectivity index is 2.01. The minimum Gasteiger partial charge on any atom is -0.492 e. The molecule has 1 saturated carbocycles. The van der Waals surface area contributed by atoms with Crippen molar-refractivity contribution >= 4 is 28.6 Å². The van der Waals surface area contributed by atoms with E-state index >= 15 is 0 Å². The van der Waals surface area contributed by atoms with Crippen LogP contribution in [0.25, 0.3) is 0 Å². The van der Waals surface area contributed by atoms with Gasteiger partial charge in [-0.05, 0) is 52.7 Å². The van der Waals surface area contributed by atoms with Crippen LogP contribution in [0.15, 0.2) is 22.7 Å². The third kappa shape index (κ3) is 3.16. The predicted molar refractivity (Wildman–Crippen MR) is 74.3 cm³/mol. The van der Waals surface area contributed by atoms with E-state index in [1.165, 1.54) is 37.8 Å². The summed E-state index contributed by atoms with van der Waals surface area (Å²) in [5.41, 5.74) is 0.205. The first-order chi connectivity index (χ1) is 8.15. The molecule has 94 valence electrons. The maximum Gasteiger partial charge on any atom is 0.133 e. The minimum atomic E-state index is -0.256. The van der Waals surface area contributed by atoms with Gasteiger partial charge in [0.1, 0.15) is 11.6 Å². The van der Waals surface area contributed by atoms with Crippen LogP contribution in [-0.4, -0.2) is 12.4 Å². The fourth-order valence-electron chi connectivity index (χ4n) is 2.30. The summed E-state index contributed by atoms with van der Waals surface area (Å²) in [6.45, 7) is 0.667. The molecule has 1 fully saturated rings. The van der Waals surface area contributed by atoms with Crippen LogP contribution in [-0.2, 0) is 0 Å². The molecule has 1 aliphatic carbocycles. The molecule has 0 saturated heterocycles. The van der Waals surface area contributed by atoms with E-state index in [0.717, 1.165) is 5.75 Å². The summed E-state index contributed by atoms with van der Waals surface area (Å²) in [7, 11) is 0. The van der Waals surface area contributed by atoms with Gasteiger partial charge < -0.3 is 4.74 Å². The van der Waals surface area contributed by atoms with Crippen molar-refractivity contribution in [3.63, 3.8) is 0 Å². The molecule has 4 heteroatoms. The lowest BCUT2D eigenvalue weighted by atomic mass is 9.90. The number of benzene rings is 1. The molecule has 1 nitrogen and oxygen atoms in total. The van der Waals surface area contributed by atoms with E-state index in [2.05, 4.69) is 28.6 Å². The van der Waals surface area contributed by atoms with Crippen molar-refractivity contribution in [1.82, 2.24) is 0 Å². The highest BCUT2D eigenvalue weighted by atomic mass is 79.9. The molecule has 0 bridgehead atoms. The molecule has 0 heterocycles. The Morgan fingerprint density at radius 1 is 1.35 bits per heavy atom. The fraction of sp³-hybridized carbons (Fsp3) is 0.538. The van der Waals surface area contributed by atoms with Crippen molar-refractivity contribution in [2.75, 3.05) is 12.4 Å². The summed E-state index contributed by atoms with van der Waals surface area (Å²) in [6, 6.07) is 4.51. The van der Waals surface area contributed by atoms with Gasteiger partial charge in [0.05, 0.1) is 11.1 Å². The quantitative estimate of drug-likeness (QED) is 0.806. The number of rotatable bonds is 4. The van der Waals surface area contributed by atoms with Crippen LogP contribution in [0.1, 0.15) is 25.7 Å². The van der Waals surface area contributed by atoms with Gasteiger partial charge >= 0.3 is 0 Å². The second kappa shape index (κ2) is 5.61. The van der Waals surface area contributed by atoms with Crippen molar-refractivity contribution in [2.24, 2.45) is 5.41 Å². The van der Waals surface area contributed by atoms with Crippen molar-refractivity contribution in [1.29, 1.82) is 0 Å². The summed E-state index contributed by atoms with van der Waals surface area (Å²) < 4.78 is 19.4. The lowest BCUT2D eigenvalue weighted by Gasteiger charge is -2.27. The first-order valence-corrected chi connectivity index (χ1v) is 7.26. The normalized spacial score (nSPS) is 18.3. The van der Waals surface area contributed by atoms with Gasteiger partial charge in [-0.1, -0.05) is 12.8 Å². The monoisotopic (exact) mass is 318 g/mol. The Bertz CT molecular complexity index is 391. The van der Waals surface area contributed by atoms with E-state index in [-0.39, 0.29) is 11.2 Å². The van der Waals surface area contributed by atoms with Gasteiger partial charge in [0.15, 0.2) is 0 Å². The van der Waals surface area contributed by atoms with Gasteiger partial charge in [-0.2, -0.15) is 12.6 Å². The summed E-state index contributed by atoms with van der Waals surface area (Å²) in [5.74, 6) is 1.31. The average Bonchev–Trinajstić information content (AvgIpc) is 2.77. The molecule has 0 atom stereocenters. The molecule has 17 heavy (non-hydrogen) atoms. The zero-order chi connectivity index (χ0) is 12.3. The summed E-state index contributed by atoms with van der Waals surface area (Å²) in [5, 5.41) is 0. The third-order valence-electron chi connectivity index (χ3n) is 3.43. The first kappa shape index (κ1) is 13.2. The lowest BCUT2D eigenvalue weighted by Crippen LogP contribution is -2.27. The number of ether oxygens (including phenoxy) is 1. The highest BCUT2D eigenvalue weighted by molar-refractivity contribution is 9.10. The van der Waals surface area contributed by atoms with E-state index in [1.807, 2.05) is 0 Å². The summed E-state index contributed by atoms with van der Waals surface area (Å²) in [4.78, 5) is 0.